The summed E-state index contributed by atoms with van der Waals surface area (Å²) in [6.07, 6.45) is -0.0963. The van der Waals surface area contributed by atoms with E-state index in [0.29, 0.717) is 6.61 Å². The van der Waals surface area contributed by atoms with E-state index in [9.17, 15) is 5.11 Å². The molecule has 1 aromatic heterocycles. The number of fused-ring (bicyclic) bond motifs is 1. The lowest BCUT2D eigenvalue weighted by Crippen LogP contribution is -2.44. The number of rotatable bonds is 2. The van der Waals surface area contributed by atoms with Crippen molar-refractivity contribution < 1.29 is 9.84 Å². The number of morpholine rings is 1. The van der Waals surface area contributed by atoms with Gasteiger partial charge in [0.25, 0.3) is 0 Å². The number of aryl methyl sites for hydroxylation is 1. The van der Waals surface area contributed by atoms with Crippen molar-refractivity contribution in [1.29, 1.82) is 0 Å². The van der Waals surface area contributed by atoms with Crippen LogP contribution in [-0.2, 0) is 4.74 Å². The van der Waals surface area contributed by atoms with Gasteiger partial charge >= 0.3 is 0 Å². The molecule has 19 heavy (non-hydrogen) atoms. The van der Waals surface area contributed by atoms with Gasteiger partial charge in [-0.15, -0.1) is 0 Å². The maximum Gasteiger partial charge on any atom is 0.0980 e. The largest absolute Gasteiger partial charge is 0.394 e. The zero-order chi connectivity index (χ0) is 13.2. The average Bonchev–Trinajstić information content (AvgIpc) is 2.46. The van der Waals surface area contributed by atoms with Gasteiger partial charge in [0.1, 0.15) is 0 Å². The van der Waals surface area contributed by atoms with E-state index >= 15 is 0 Å². The lowest BCUT2D eigenvalue weighted by atomic mass is 10.1. The number of hydrogen-bond acceptors (Lipinski definition) is 4. The van der Waals surface area contributed by atoms with Crippen molar-refractivity contribution in [3.8, 4) is 0 Å². The number of anilines is 1. The van der Waals surface area contributed by atoms with Crippen LogP contribution < -0.4 is 4.90 Å². The molecule has 0 aliphatic carbocycles. The van der Waals surface area contributed by atoms with E-state index in [1.165, 1.54) is 5.69 Å². The average molecular weight is 258 g/mol. The lowest BCUT2D eigenvalue weighted by Gasteiger charge is -2.34. The molecule has 1 aliphatic heterocycles. The molecule has 1 aromatic carbocycles. The molecule has 1 saturated heterocycles. The number of ether oxygens (including phenoxy) is 1. The highest BCUT2D eigenvalue weighted by Crippen LogP contribution is 2.27. The fraction of sp³-hybridized carbons (Fsp3) is 0.400. The Balaban J connectivity index is 2.03. The highest BCUT2D eigenvalue weighted by molar-refractivity contribution is 5.92. The first-order valence-electron chi connectivity index (χ1n) is 6.62. The monoisotopic (exact) mass is 258 g/mol. The van der Waals surface area contributed by atoms with E-state index in [2.05, 4.69) is 22.0 Å². The number of nitrogens with zero attached hydrogens (tertiary/aromatic N) is 2. The molecular formula is C15H18N2O2. The molecular weight excluding hydrogens is 240 g/mol. The lowest BCUT2D eigenvalue weighted by molar-refractivity contribution is 0.00363. The third-order valence-corrected chi connectivity index (χ3v) is 3.51. The first-order chi connectivity index (χ1) is 9.28. The Morgan fingerprint density at radius 3 is 3.11 bits per heavy atom. The van der Waals surface area contributed by atoms with E-state index in [1.807, 2.05) is 25.1 Å². The van der Waals surface area contributed by atoms with Crippen LogP contribution in [0.15, 0.2) is 30.3 Å². The van der Waals surface area contributed by atoms with E-state index in [-0.39, 0.29) is 12.7 Å². The van der Waals surface area contributed by atoms with Crippen molar-refractivity contribution in [2.24, 2.45) is 0 Å². The van der Waals surface area contributed by atoms with Crippen molar-refractivity contribution in [1.82, 2.24) is 4.98 Å². The maximum absolute atomic E-state index is 9.26. The van der Waals surface area contributed by atoms with Gasteiger partial charge in [-0.2, -0.15) is 0 Å². The summed E-state index contributed by atoms with van der Waals surface area (Å²) >= 11 is 0. The highest BCUT2D eigenvalue weighted by atomic mass is 16.5. The van der Waals surface area contributed by atoms with Crippen molar-refractivity contribution in [3.63, 3.8) is 0 Å². The Kier molecular flexibility index (Phi) is 3.36. The second kappa shape index (κ2) is 5.15. The number of para-hydroxylation sites is 1. The number of hydrogen-bond donors (Lipinski definition) is 1. The zero-order valence-electron chi connectivity index (χ0n) is 11.0. The molecule has 100 valence electrons. The maximum atomic E-state index is 9.26. The molecule has 0 spiro atoms. The summed E-state index contributed by atoms with van der Waals surface area (Å²) in [6.45, 7) is 4.31. The summed E-state index contributed by atoms with van der Waals surface area (Å²) in [5.41, 5.74) is 3.22. The summed E-state index contributed by atoms with van der Waals surface area (Å²) in [5, 5.41) is 10.4. The zero-order valence-corrected chi connectivity index (χ0v) is 11.0. The Hall–Kier alpha value is -1.65. The summed E-state index contributed by atoms with van der Waals surface area (Å²) in [4.78, 5) is 6.84. The van der Waals surface area contributed by atoms with Crippen LogP contribution in [0.2, 0.25) is 0 Å². The van der Waals surface area contributed by atoms with Crippen molar-refractivity contribution in [2.75, 3.05) is 31.2 Å². The van der Waals surface area contributed by atoms with Gasteiger partial charge in [0.2, 0.25) is 0 Å². The second-order valence-electron chi connectivity index (χ2n) is 4.92. The van der Waals surface area contributed by atoms with Crippen LogP contribution >= 0.6 is 0 Å². The van der Waals surface area contributed by atoms with Gasteiger partial charge in [0.15, 0.2) is 0 Å². The third-order valence-electron chi connectivity index (χ3n) is 3.51. The van der Waals surface area contributed by atoms with Crippen LogP contribution in [0.3, 0.4) is 0 Å². The molecule has 2 aromatic rings. The van der Waals surface area contributed by atoms with Crippen molar-refractivity contribution in [2.45, 2.75) is 13.0 Å². The molecule has 3 rings (SSSR count). The molecule has 0 bridgehead atoms. The van der Waals surface area contributed by atoms with Crippen LogP contribution in [-0.4, -0.2) is 42.5 Å². The van der Waals surface area contributed by atoms with Gasteiger partial charge in [-0.25, -0.2) is 0 Å². The van der Waals surface area contributed by atoms with Crippen molar-refractivity contribution >= 4 is 16.6 Å². The highest BCUT2D eigenvalue weighted by Gasteiger charge is 2.21. The van der Waals surface area contributed by atoms with Crippen molar-refractivity contribution in [3.05, 3.63) is 36.0 Å². The molecule has 0 radical (unpaired) electrons. The fourth-order valence-corrected chi connectivity index (χ4v) is 2.60. The minimum absolute atomic E-state index is 0.0680. The predicted molar refractivity (Wildman–Crippen MR) is 75.5 cm³/mol. The molecule has 1 N–H and O–H groups in total. The van der Waals surface area contributed by atoms with Gasteiger partial charge in [0.05, 0.1) is 24.8 Å². The van der Waals surface area contributed by atoms with E-state index in [1.54, 1.807) is 0 Å². The normalized spacial score (nSPS) is 19.9. The van der Waals surface area contributed by atoms with Gasteiger partial charge in [0, 0.05) is 29.9 Å². The van der Waals surface area contributed by atoms with Gasteiger partial charge < -0.3 is 14.7 Å². The molecule has 4 heteroatoms. The topological polar surface area (TPSA) is 45.6 Å². The molecule has 1 atom stereocenters. The van der Waals surface area contributed by atoms with E-state index in [0.717, 1.165) is 29.7 Å². The van der Waals surface area contributed by atoms with Crippen LogP contribution in [0.25, 0.3) is 10.9 Å². The second-order valence-corrected chi connectivity index (χ2v) is 4.92. The van der Waals surface area contributed by atoms with Crippen LogP contribution in [0.5, 0.6) is 0 Å². The molecule has 2 heterocycles. The molecule has 0 amide bonds. The molecule has 4 nitrogen and oxygen atoms in total. The van der Waals surface area contributed by atoms with Crippen LogP contribution in [0.4, 0.5) is 5.69 Å². The number of benzene rings is 1. The first kappa shape index (κ1) is 12.4. The van der Waals surface area contributed by atoms with Gasteiger partial charge in [-0.3, -0.25) is 4.98 Å². The Morgan fingerprint density at radius 1 is 1.42 bits per heavy atom. The summed E-state index contributed by atoms with van der Waals surface area (Å²) < 4.78 is 5.51. The molecule has 1 unspecified atom stereocenters. The number of aromatic nitrogens is 1. The van der Waals surface area contributed by atoms with E-state index < -0.39 is 0 Å². The fourth-order valence-electron chi connectivity index (χ4n) is 2.60. The first-order valence-corrected chi connectivity index (χ1v) is 6.62. The third kappa shape index (κ3) is 2.41. The van der Waals surface area contributed by atoms with E-state index in [4.69, 9.17) is 4.74 Å². The van der Waals surface area contributed by atoms with Crippen LogP contribution in [0.1, 0.15) is 5.69 Å². The van der Waals surface area contributed by atoms with Gasteiger partial charge in [-0.1, -0.05) is 18.2 Å². The molecule has 0 saturated carbocycles. The Bertz CT molecular complexity index is 585. The summed E-state index contributed by atoms with van der Waals surface area (Å²) in [6, 6.07) is 10.3. The minimum atomic E-state index is -0.0963. The predicted octanol–water partition coefficient (Wildman–Crippen LogP) is 1.74. The summed E-state index contributed by atoms with van der Waals surface area (Å²) in [7, 11) is 0. The summed E-state index contributed by atoms with van der Waals surface area (Å²) in [5.74, 6) is 0. The smallest absolute Gasteiger partial charge is 0.0980 e. The number of aliphatic hydroxyl groups excluding tert-OH is 1. The molecule has 1 aliphatic rings. The number of aliphatic hydroxyl groups is 1. The minimum Gasteiger partial charge on any atom is -0.394 e. The van der Waals surface area contributed by atoms with Crippen LogP contribution in [0, 0.1) is 6.92 Å². The Labute approximate surface area is 112 Å². The molecule has 1 fully saturated rings. The SMILES string of the molecule is Cc1cc(N2CCOC(CO)C2)c2ccccc2n1. The quantitative estimate of drug-likeness (QED) is 0.891. The number of pyridine rings is 1. The van der Waals surface area contributed by atoms with Gasteiger partial charge in [-0.05, 0) is 19.1 Å². The Morgan fingerprint density at radius 2 is 2.26 bits per heavy atom. The standard InChI is InChI=1S/C15H18N2O2/c1-11-8-15(13-4-2-3-5-14(13)16-11)17-6-7-19-12(9-17)10-18/h2-5,8,12,18H,6-7,9-10H2,1H3.